The molecule has 0 fully saturated rings. The van der Waals surface area contributed by atoms with E-state index in [2.05, 4.69) is 10.3 Å². The average Bonchev–Trinajstić information content (AvgIpc) is 3.10. The van der Waals surface area contributed by atoms with E-state index in [9.17, 15) is 9.59 Å². The van der Waals surface area contributed by atoms with Crippen LogP contribution in [0.25, 0.3) is 11.0 Å². The van der Waals surface area contributed by atoms with E-state index in [4.69, 9.17) is 4.74 Å². The number of para-hydroxylation sites is 2. The van der Waals surface area contributed by atoms with Crippen LogP contribution in [0.2, 0.25) is 0 Å². The third kappa shape index (κ3) is 2.89. The van der Waals surface area contributed by atoms with Gasteiger partial charge in [-0.15, -0.1) is 0 Å². The van der Waals surface area contributed by atoms with Gasteiger partial charge in [0, 0.05) is 20.1 Å². The van der Waals surface area contributed by atoms with E-state index in [1.807, 2.05) is 47.9 Å². The summed E-state index contributed by atoms with van der Waals surface area (Å²) in [6.07, 6.45) is 1.74. The third-order valence-electron chi connectivity index (χ3n) is 5.10. The molecule has 0 saturated heterocycles. The van der Waals surface area contributed by atoms with Crippen LogP contribution in [-0.2, 0) is 16.1 Å². The van der Waals surface area contributed by atoms with E-state index in [1.54, 1.807) is 19.4 Å². The van der Waals surface area contributed by atoms with Crippen molar-refractivity contribution in [2.24, 2.45) is 0 Å². The Kier molecular flexibility index (Phi) is 4.30. The van der Waals surface area contributed by atoms with E-state index in [0.717, 1.165) is 16.6 Å². The smallest absolute Gasteiger partial charge is 0.280 e. The van der Waals surface area contributed by atoms with Crippen LogP contribution in [0.15, 0.2) is 48.8 Å². The molecule has 0 spiro atoms. The van der Waals surface area contributed by atoms with Crippen molar-refractivity contribution in [3.63, 3.8) is 0 Å². The first kappa shape index (κ1) is 18.0. The number of aryl methyl sites for hydroxylation is 1. The maximum absolute atomic E-state index is 12.9. The van der Waals surface area contributed by atoms with Crippen LogP contribution in [0, 0.1) is 6.92 Å². The number of carbonyl (C=O) groups is 2. The number of amides is 2. The molecule has 4 rings (SSSR count). The highest BCUT2D eigenvalue weighted by molar-refractivity contribution is 6.16. The molecular weight excluding hydrogens is 356 g/mol. The van der Waals surface area contributed by atoms with Crippen molar-refractivity contribution in [3.05, 3.63) is 54.4 Å². The standard InChI is InChI=1S/C21H22N4O3/c1-14-8-9-18-17(12-14)24(3)20(27)21(2,28-18)19(26)22-10-11-25-13-23-15-6-4-5-7-16(15)25/h4-9,12-13H,10-11H2,1-3H3,(H,22,26). The first-order valence-corrected chi connectivity index (χ1v) is 9.16. The number of hydrogen-bond donors (Lipinski definition) is 1. The number of rotatable bonds is 4. The molecule has 1 N–H and O–H groups in total. The number of nitrogens with one attached hydrogen (secondary N) is 1. The molecule has 3 aromatic rings. The molecule has 2 heterocycles. The Morgan fingerprint density at radius 3 is 2.86 bits per heavy atom. The maximum Gasteiger partial charge on any atom is 0.280 e. The van der Waals surface area contributed by atoms with Crippen LogP contribution in [0.3, 0.4) is 0 Å². The van der Waals surface area contributed by atoms with Crippen LogP contribution in [0.1, 0.15) is 12.5 Å². The predicted octanol–water partition coefficient (Wildman–Crippen LogP) is 2.28. The lowest BCUT2D eigenvalue weighted by molar-refractivity contribution is -0.148. The molecular formula is C21H22N4O3. The highest BCUT2D eigenvalue weighted by Gasteiger charge is 2.49. The number of carbonyl (C=O) groups excluding carboxylic acids is 2. The Hall–Kier alpha value is -3.35. The predicted molar refractivity (Wildman–Crippen MR) is 106 cm³/mol. The molecule has 7 heteroatoms. The molecule has 0 bridgehead atoms. The summed E-state index contributed by atoms with van der Waals surface area (Å²) in [5.74, 6) is -0.331. The van der Waals surface area contributed by atoms with Crippen molar-refractivity contribution in [2.45, 2.75) is 26.0 Å². The molecule has 7 nitrogen and oxygen atoms in total. The van der Waals surface area contributed by atoms with Gasteiger partial charge in [0.1, 0.15) is 5.75 Å². The number of benzene rings is 2. The average molecular weight is 378 g/mol. The Labute approximate surface area is 162 Å². The van der Waals surface area contributed by atoms with Crippen molar-refractivity contribution < 1.29 is 14.3 Å². The van der Waals surface area contributed by atoms with Crippen LogP contribution >= 0.6 is 0 Å². The van der Waals surface area contributed by atoms with Crippen LogP contribution in [0.4, 0.5) is 5.69 Å². The zero-order valence-corrected chi connectivity index (χ0v) is 16.1. The second-order valence-corrected chi connectivity index (χ2v) is 7.15. The van der Waals surface area contributed by atoms with Crippen molar-refractivity contribution in [3.8, 4) is 5.75 Å². The lowest BCUT2D eigenvalue weighted by atomic mass is 10.00. The Balaban J connectivity index is 1.48. The quantitative estimate of drug-likeness (QED) is 0.707. The molecule has 1 atom stereocenters. The Morgan fingerprint density at radius 2 is 2.04 bits per heavy atom. The van der Waals surface area contributed by atoms with Crippen molar-refractivity contribution in [1.29, 1.82) is 0 Å². The first-order valence-electron chi connectivity index (χ1n) is 9.16. The number of hydrogen-bond acceptors (Lipinski definition) is 4. The van der Waals surface area contributed by atoms with Crippen molar-refractivity contribution >= 4 is 28.5 Å². The molecule has 0 aliphatic carbocycles. The minimum absolute atomic E-state index is 0.357. The van der Waals surface area contributed by atoms with Gasteiger partial charge in [-0.05, 0) is 43.7 Å². The number of fused-ring (bicyclic) bond motifs is 2. The minimum atomic E-state index is -1.60. The molecule has 28 heavy (non-hydrogen) atoms. The fourth-order valence-electron chi connectivity index (χ4n) is 3.46. The normalized spacial score (nSPS) is 18.7. The number of imidazole rings is 1. The van der Waals surface area contributed by atoms with Gasteiger partial charge in [0.15, 0.2) is 0 Å². The maximum atomic E-state index is 12.9. The number of aromatic nitrogens is 2. The van der Waals surface area contributed by atoms with E-state index in [1.165, 1.54) is 11.8 Å². The van der Waals surface area contributed by atoms with Crippen LogP contribution < -0.4 is 15.0 Å². The molecule has 1 aliphatic heterocycles. The molecule has 2 aromatic carbocycles. The van der Waals surface area contributed by atoms with Gasteiger partial charge in [0.25, 0.3) is 17.4 Å². The van der Waals surface area contributed by atoms with E-state index in [-0.39, 0.29) is 0 Å². The largest absolute Gasteiger partial charge is 0.466 e. The highest BCUT2D eigenvalue weighted by atomic mass is 16.5. The van der Waals surface area contributed by atoms with Gasteiger partial charge in [-0.25, -0.2) is 4.98 Å². The number of likely N-dealkylation sites (N-methyl/N-ethyl adjacent to an activating group) is 1. The van der Waals surface area contributed by atoms with Gasteiger partial charge in [-0.3, -0.25) is 9.59 Å². The molecule has 1 aromatic heterocycles. The molecule has 2 amide bonds. The molecule has 144 valence electrons. The van der Waals surface area contributed by atoms with Gasteiger partial charge in [0.2, 0.25) is 0 Å². The van der Waals surface area contributed by atoms with Crippen LogP contribution in [-0.4, -0.2) is 40.6 Å². The first-order chi connectivity index (χ1) is 13.4. The lowest BCUT2D eigenvalue weighted by Gasteiger charge is -2.38. The van der Waals surface area contributed by atoms with Gasteiger partial charge < -0.3 is 19.5 Å². The summed E-state index contributed by atoms with van der Waals surface area (Å²) in [4.78, 5) is 31.5. The van der Waals surface area contributed by atoms with E-state index in [0.29, 0.717) is 24.5 Å². The number of ether oxygens (including phenoxy) is 1. The summed E-state index contributed by atoms with van der Waals surface area (Å²) < 4.78 is 7.82. The van der Waals surface area contributed by atoms with Gasteiger partial charge >= 0.3 is 0 Å². The number of anilines is 1. The summed E-state index contributed by atoms with van der Waals surface area (Å²) in [6.45, 7) is 4.35. The highest BCUT2D eigenvalue weighted by Crippen LogP contribution is 2.37. The summed E-state index contributed by atoms with van der Waals surface area (Å²) in [7, 11) is 1.66. The monoisotopic (exact) mass is 378 g/mol. The number of nitrogens with zero attached hydrogens (tertiary/aromatic N) is 3. The molecule has 1 unspecified atom stereocenters. The fourth-order valence-corrected chi connectivity index (χ4v) is 3.46. The fraction of sp³-hybridized carbons (Fsp3) is 0.286. The van der Waals surface area contributed by atoms with Crippen molar-refractivity contribution in [1.82, 2.24) is 14.9 Å². The van der Waals surface area contributed by atoms with Crippen molar-refractivity contribution in [2.75, 3.05) is 18.5 Å². The van der Waals surface area contributed by atoms with Gasteiger partial charge in [-0.1, -0.05) is 18.2 Å². The zero-order chi connectivity index (χ0) is 19.9. The summed E-state index contributed by atoms with van der Waals surface area (Å²) >= 11 is 0. The SMILES string of the molecule is Cc1ccc2c(c1)N(C)C(=O)C(C)(C(=O)NCCn1cnc3ccccc31)O2. The third-order valence-corrected chi connectivity index (χ3v) is 5.10. The lowest BCUT2D eigenvalue weighted by Crippen LogP contribution is -2.61. The topological polar surface area (TPSA) is 76.5 Å². The van der Waals surface area contributed by atoms with E-state index >= 15 is 0 Å². The van der Waals surface area contributed by atoms with Gasteiger partial charge in [0.05, 0.1) is 23.0 Å². The summed E-state index contributed by atoms with van der Waals surface area (Å²) in [6, 6.07) is 13.4. The zero-order valence-electron chi connectivity index (χ0n) is 16.1. The Morgan fingerprint density at radius 1 is 1.25 bits per heavy atom. The molecule has 1 aliphatic rings. The molecule has 0 saturated carbocycles. The van der Waals surface area contributed by atoms with E-state index < -0.39 is 17.4 Å². The van der Waals surface area contributed by atoms with Gasteiger partial charge in [-0.2, -0.15) is 0 Å². The minimum Gasteiger partial charge on any atom is -0.466 e. The molecule has 0 radical (unpaired) electrons. The van der Waals surface area contributed by atoms with Crippen LogP contribution in [0.5, 0.6) is 5.75 Å². The Bertz CT molecular complexity index is 1070. The summed E-state index contributed by atoms with van der Waals surface area (Å²) in [5, 5.41) is 2.83. The second kappa shape index (κ2) is 6.67. The summed E-state index contributed by atoms with van der Waals surface area (Å²) in [5.41, 5.74) is 1.98. The second-order valence-electron chi connectivity index (χ2n) is 7.15.